The topological polar surface area (TPSA) is 119 Å². The Bertz CT molecular complexity index is 1970. The third kappa shape index (κ3) is 8.49. The van der Waals surface area contributed by atoms with E-state index in [-0.39, 0.29) is 19.4 Å². The average Bonchev–Trinajstić information content (AvgIpc) is 3.44. The third-order valence-corrected chi connectivity index (χ3v) is 8.48. The zero-order valence-electron chi connectivity index (χ0n) is 27.9. The summed E-state index contributed by atoms with van der Waals surface area (Å²) in [4.78, 5) is 32.5. The van der Waals surface area contributed by atoms with Gasteiger partial charge in [-0.3, -0.25) is 9.59 Å². The predicted molar refractivity (Wildman–Crippen MR) is 186 cm³/mol. The zero-order valence-corrected chi connectivity index (χ0v) is 27.9. The van der Waals surface area contributed by atoms with Gasteiger partial charge in [0.05, 0.1) is 29.5 Å². The number of hydrogen-bond acceptors (Lipinski definition) is 5. The molecule has 50 heavy (non-hydrogen) atoms. The van der Waals surface area contributed by atoms with Gasteiger partial charge in [0.1, 0.15) is 5.82 Å². The highest BCUT2D eigenvalue weighted by atomic mass is 19.2. The SMILES string of the molecule is CCCN(CCC)c1ccc(-c2nc3cc(C(CC(N)=O)NC(=O)[C@@H](N)Cc4ccc(F)c(F)c4)ccc3n2Cc2ccc(F)c(F)c2)cc1. The molecule has 8 nitrogen and oxygen atoms in total. The highest BCUT2D eigenvalue weighted by Crippen LogP contribution is 2.31. The Kier molecular flexibility index (Phi) is 11.5. The van der Waals surface area contributed by atoms with Crippen LogP contribution in [0.5, 0.6) is 0 Å². The quantitative estimate of drug-likeness (QED) is 0.108. The molecule has 0 saturated carbocycles. The Morgan fingerprint density at radius 3 is 2.04 bits per heavy atom. The van der Waals surface area contributed by atoms with Crippen molar-refractivity contribution in [3.05, 3.63) is 119 Å². The van der Waals surface area contributed by atoms with Crippen molar-refractivity contribution in [2.75, 3.05) is 18.0 Å². The summed E-state index contributed by atoms with van der Waals surface area (Å²) in [6, 6.07) is 18.3. The van der Waals surface area contributed by atoms with Crippen LogP contribution in [-0.2, 0) is 22.6 Å². The zero-order chi connectivity index (χ0) is 35.9. The Balaban J connectivity index is 1.50. The van der Waals surface area contributed by atoms with Crippen LogP contribution in [0, 0.1) is 23.3 Å². The fourth-order valence-corrected chi connectivity index (χ4v) is 6.04. The maximum absolute atomic E-state index is 14.2. The molecule has 5 rings (SSSR count). The number of benzene rings is 4. The predicted octanol–water partition coefficient (Wildman–Crippen LogP) is 6.54. The largest absolute Gasteiger partial charge is 0.372 e. The van der Waals surface area contributed by atoms with Crippen molar-refractivity contribution in [1.29, 1.82) is 0 Å². The molecule has 0 fully saturated rings. The standard InChI is InChI=1S/C38H40F4N6O2/c1-3-15-47(16-4-2)27-10-7-25(8-11-27)37-45-34-20-26(9-14-35(34)48(37)22-24-6-13-29(40)31(42)18-24)33(21-36(44)49)46-38(50)32(43)19-23-5-12-28(39)30(41)17-23/h5-14,17-18,20,32-33H,3-4,15-16,19,21-22,43H2,1-2H3,(H2,44,49)(H,46,50)/t32-,33?/m0/s1. The van der Waals surface area contributed by atoms with Crippen LogP contribution in [0.2, 0.25) is 0 Å². The van der Waals surface area contributed by atoms with Crippen molar-refractivity contribution in [1.82, 2.24) is 14.9 Å². The minimum atomic E-state index is -1.13. The van der Waals surface area contributed by atoms with Crippen LogP contribution in [0.3, 0.4) is 0 Å². The molecule has 1 unspecified atom stereocenters. The van der Waals surface area contributed by atoms with Gasteiger partial charge >= 0.3 is 0 Å². The van der Waals surface area contributed by atoms with Crippen LogP contribution in [0.1, 0.15) is 55.8 Å². The second-order valence-corrected chi connectivity index (χ2v) is 12.3. The molecule has 0 radical (unpaired) electrons. The molecule has 5 N–H and O–H groups in total. The number of carbonyl (C=O) groups is 2. The molecular formula is C38H40F4N6O2. The Morgan fingerprint density at radius 2 is 1.44 bits per heavy atom. The molecule has 1 heterocycles. The van der Waals surface area contributed by atoms with Gasteiger partial charge in [-0.1, -0.05) is 32.0 Å². The Morgan fingerprint density at radius 1 is 0.820 bits per heavy atom. The van der Waals surface area contributed by atoms with Crippen molar-refractivity contribution in [3.63, 3.8) is 0 Å². The van der Waals surface area contributed by atoms with Gasteiger partial charge in [-0.05, 0) is 96.6 Å². The van der Waals surface area contributed by atoms with E-state index in [9.17, 15) is 27.2 Å². The number of primary amides is 1. The normalized spacial score (nSPS) is 12.5. The highest BCUT2D eigenvalue weighted by Gasteiger charge is 2.24. The molecule has 2 atom stereocenters. The molecule has 0 spiro atoms. The lowest BCUT2D eigenvalue weighted by atomic mass is 10.0. The summed E-state index contributed by atoms with van der Waals surface area (Å²) in [6.45, 7) is 6.29. The van der Waals surface area contributed by atoms with E-state index in [1.54, 1.807) is 18.2 Å². The van der Waals surface area contributed by atoms with Crippen LogP contribution in [0.4, 0.5) is 23.2 Å². The number of hydrogen-bond donors (Lipinski definition) is 3. The number of amides is 2. The summed E-state index contributed by atoms with van der Waals surface area (Å²) in [6.07, 6.45) is 1.69. The summed E-state index contributed by atoms with van der Waals surface area (Å²) < 4.78 is 57.0. The van der Waals surface area contributed by atoms with Gasteiger partial charge in [0.2, 0.25) is 11.8 Å². The van der Waals surface area contributed by atoms with E-state index in [0.29, 0.717) is 33.5 Å². The second kappa shape index (κ2) is 16.0. The van der Waals surface area contributed by atoms with Gasteiger partial charge in [-0.2, -0.15) is 0 Å². The first-order chi connectivity index (χ1) is 24.0. The van der Waals surface area contributed by atoms with Crippen LogP contribution >= 0.6 is 0 Å². The van der Waals surface area contributed by atoms with Gasteiger partial charge < -0.3 is 26.3 Å². The van der Waals surface area contributed by atoms with Gasteiger partial charge in [0.15, 0.2) is 23.3 Å². The maximum Gasteiger partial charge on any atom is 0.237 e. The summed E-state index contributed by atoms with van der Waals surface area (Å²) in [5.74, 6) is -4.68. The average molecular weight is 689 g/mol. The van der Waals surface area contributed by atoms with E-state index in [4.69, 9.17) is 16.5 Å². The first kappa shape index (κ1) is 36.1. The monoisotopic (exact) mass is 688 g/mol. The number of carbonyl (C=O) groups excluding carboxylic acids is 2. The van der Waals surface area contributed by atoms with Crippen LogP contribution < -0.4 is 21.7 Å². The number of rotatable bonds is 15. The summed E-state index contributed by atoms with van der Waals surface area (Å²) in [5.41, 5.74) is 16.1. The molecule has 0 saturated heterocycles. The first-order valence-corrected chi connectivity index (χ1v) is 16.5. The third-order valence-electron chi connectivity index (χ3n) is 8.48. The summed E-state index contributed by atoms with van der Waals surface area (Å²) in [7, 11) is 0. The van der Waals surface area contributed by atoms with Crippen LogP contribution in [0.25, 0.3) is 22.4 Å². The lowest BCUT2D eigenvalue weighted by Crippen LogP contribution is -2.44. The maximum atomic E-state index is 14.2. The molecule has 0 aliphatic carbocycles. The number of halogens is 4. The van der Waals surface area contributed by atoms with Gasteiger partial charge in [-0.25, -0.2) is 22.5 Å². The lowest BCUT2D eigenvalue weighted by Gasteiger charge is -2.24. The van der Waals surface area contributed by atoms with Gasteiger partial charge in [0.25, 0.3) is 0 Å². The number of nitrogens with one attached hydrogen (secondary N) is 1. The second-order valence-electron chi connectivity index (χ2n) is 12.3. The number of nitrogens with two attached hydrogens (primary N) is 2. The molecule has 0 bridgehead atoms. The molecular weight excluding hydrogens is 648 g/mol. The van der Waals surface area contributed by atoms with Crippen molar-refractivity contribution in [2.45, 2.75) is 58.2 Å². The lowest BCUT2D eigenvalue weighted by molar-refractivity contribution is -0.123. The fraction of sp³-hybridized carbons (Fsp3) is 0.289. The van der Waals surface area contributed by atoms with Crippen molar-refractivity contribution >= 4 is 28.5 Å². The molecule has 0 aliphatic rings. The van der Waals surface area contributed by atoms with Gasteiger partial charge in [0, 0.05) is 30.9 Å². The summed E-state index contributed by atoms with van der Waals surface area (Å²) in [5, 5.41) is 2.77. The highest BCUT2D eigenvalue weighted by molar-refractivity contribution is 5.85. The molecule has 12 heteroatoms. The van der Waals surface area contributed by atoms with E-state index >= 15 is 0 Å². The molecule has 262 valence electrons. The van der Waals surface area contributed by atoms with Crippen LogP contribution in [0.15, 0.2) is 78.9 Å². The molecule has 5 aromatic rings. The number of aromatic nitrogens is 2. The van der Waals surface area contributed by atoms with Gasteiger partial charge in [-0.15, -0.1) is 0 Å². The van der Waals surface area contributed by atoms with E-state index in [2.05, 4.69) is 24.1 Å². The Labute approximate surface area is 288 Å². The number of anilines is 1. The first-order valence-electron chi connectivity index (χ1n) is 16.5. The summed E-state index contributed by atoms with van der Waals surface area (Å²) >= 11 is 0. The number of imidazole rings is 1. The minimum Gasteiger partial charge on any atom is -0.372 e. The van der Waals surface area contributed by atoms with Crippen molar-refractivity contribution in [3.8, 4) is 11.4 Å². The minimum absolute atomic E-state index is 0.0729. The fourth-order valence-electron chi connectivity index (χ4n) is 6.04. The van der Waals surface area contributed by atoms with E-state index < -0.39 is 47.2 Å². The number of nitrogens with zero attached hydrogens (tertiary/aromatic N) is 3. The van der Waals surface area contributed by atoms with E-state index in [1.165, 1.54) is 12.1 Å². The Hall–Kier alpha value is -5.23. The number of fused-ring (bicyclic) bond motifs is 1. The van der Waals surface area contributed by atoms with Crippen LogP contribution in [-0.4, -0.2) is 40.5 Å². The van der Waals surface area contributed by atoms with E-state index in [1.807, 2.05) is 28.8 Å². The van der Waals surface area contributed by atoms with Crippen molar-refractivity contribution < 1.29 is 27.2 Å². The molecule has 4 aromatic carbocycles. The molecule has 1 aromatic heterocycles. The smallest absolute Gasteiger partial charge is 0.237 e. The van der Waals surface area contributed by atoms with Crippen molar-refractivity contribution in [2.24, 2.45) is 11.5 Å². The molecule has 0 aliphatic heterocycles. The molecule has 2 amide bonds. The van der Waals surface area contributed by atoms with E-state index in [0.717, 1.165) is 61.4 Å².